The van der Waals surface area contributed by atoms with Crippen molar-refractivity contribution >= 4 is 17.6 Å². The molecule has 2 aromatic carbocycles. The molecule has 0 radical (unpaired) electrons. The molecule has 2 rings (SSSR count). The quantitative estimate of drug-likeness (QED) is 0.794. The molecule has 126 valence electrons. The van der Waals surface area contributed by atoms with E-state index in [9.17, 15) is 9.59 Å². The molecule has 5 heteroatoms. The minimum absolute atomic E-state index is 0.0369. The molecule has 0 aliphatic carbocycles. The van der Waals surface area contributed by atoms with Crippen molar-refractivity contribution in [1.29, 1.82) is 0 Å². The van der Waals surface area contributed by atoms with E-state index in [1.165, 1.54) is 7.11 Å². The average molecular weight is 327 g/mol. The van der Waals surface area contributed by atoms with Gasteiger partial charge < -0.3 is 14.8 Å². The highest BCUT2D eigenvalue weighted by Crippen LogP contribution is 2.21. The van der Waals surface area contributed by atoms with E-state index in [1.54, 1.807) is 18.2 Å². The number of benzene rings is 2. The van der Waals surface area contributed by atoms with E-state index in [2.05, 4.69) is 10.1 Å². The van der Waals surface area contributed by atoms with Gasteiger partial charge in [-0.15, -0.1) is 0 Å². The van der Waals surface area contributed by atoms with Crippen molar-refractivity contribution in [1.82, 2.24) is 0 Å². The number of hydrogen-bond donors (Lipinski definition) is 1. The van der Waals surface area contributed by atoms with Crippen LogP contribution in [0.4, 0.5) is 5.69 Å². The maximum atomic E-state index is 12.1. The highest BCUT2D eigenvalue weighted by atomic mass is 16.6. The summed E-state index contributed by atoms with van der Waals surface area (Å²) in [6.07, 6.45) is 1.12. The molecule has 0 saturated carbocycles. The standard InChI is InChI=1S/C19H21NO4/c1-14-12-16(24-13-19(22)23-2)9-10-17(14)20-18(21)11-8-15-6-4-3-5-7-15/h3-7,9-10,12H,8,11,13H2,1-2H3,(H,20,21). The number of ether oxygens (including phenoxy) is 2. The van der Waals surface area contributed by atoms with Crippen molar-refractivity contribution in [3.05, 3.63) is 59.7 Å². The van der Waals surface area contributed by atoms with Gasteiger partial charge in [-0.2, -0.15) is 0 Å². The van der Waals surface area contributed by atoms with Crippen molar-refractivity contribution in [2.24, 2.45) is 0 Å². The fourth-order valence-electron chi connectivity index (χ4n) is 2.18. The van der Waals surface area contributed by atoms with Gasteiger partial charge in [0.05, 0.1) is 7.11 Å². The van der Waals surface area contributed by atoms with E-state index < -0.39 is 5.97 Å². The first-order chi connectivity index (χ1) is 11.6. The van der Waals surface area contributed by atoms with Crippen molar-refractivity contribution in [3.63, 3.8) is 0 Å². The molecule has 5 nitrogen and oxygen atoms in total. The second kappa shape index (κ2) is 8.72. The third-order valence-corrected chi connectivity index (χ3v) is 3.54. The maximum Gasteiger partial charge on any atom is 0.343 e. The Balaban J connectivity index is 1.87. The van der Waals surface area contributed by atoms with Gasteiger partial charge in [-0.3, -0.25) is 4.79 Å². The van der Waals surface area contributed by atoms with Gasteiger partial charge in [0.2, 0.25) is 5.91 Å². The van der Waals surface area contributed by atoms with E-state index in [0.29, 0.717) is 18.6 Å². The second-order valence-electron chi connectivity index (χ2n) is 5.38. The number of esters is 1. The largest absolute Gasteiger partial charge is 0.482 e. The molecule has 0 aliphatic rings. The Hall–Kier alpha value is -2.82. The van der Waals surface area contributed by atoms with Crippen molar-refractivity contribution < 1.29 is 19.1 Å². The van der Waals surface area contributed by atoms with Crippen LogP contribution in [-0.4, -0.2) is 25.6 Å². The maximum absolute atomic E-state index is 12.1. The van der Waals surface area contributed by atoms with Gasteiger partial charge >= 0.3 is 5.97 Å². The minimum atomic E-state index is -0.439. The molecule has 2 aromatic rings. The molecule has 0 spiro atoms. The van der Waals surface area contributed by atoms with E-state index in [0.717, 1.165) is 16.8 Å². The highest BCUT2D eigenvalue weighted by Gasteiger charge is 2.07. The number of rotatable bonds is 7. The van der Waals surface area contributed by atoms with E-state index in [-0.39, 0.29) is 12.5 Å². The normalized spacial score (nSPS) is 10.1. The van der Waals surface area contributed by atoms with Crippen LogP contribution in [-0.2, 0) is 20.7 Å². The predicted molar refractivity (Wildman–Crippen MR) is 92.1 cm³/mol. The van der Waals surface area contributed by atoms with E-state index in [1.807, 2.05) is 37.3 Å². The Morgan fingerprint density at radius 1 is 1.08 bits per heavy atom. The number of amides is 1. The zero-order chi connectivity index (χ0) is 17.4. The van der Waals surface area contributed by atoms with Crippen LogP contribution in [0.15, 0.2) is 48.5 Å². The van der Waals surface area contributed by atoms with Crippen molar-refractivity contribution in [2.75, 3.05) is 19.0 Å². The van der Waals surface area contributed by atoms with Crippen LogP contribution < -0.4 is 10.1 Å². The molecule has 24 heavy (non-hydrogen) atoms. The smallest absolute Gasteiger partial charge is 0.343 e. The van der Waals surface area contributed by atoms with Crippen LogP contribution in [0.1, 0.15) is 17.5 Å². The first kappa shape index (κ1) is 17.5. The van der Waals surface area contributed by atoms with Crippen molar-refractivity contribution in [2.45, 2.75) is 19.8 Å². The number of carbonyl (C=O) groups is 2. The lowest BCUT2D eigenvalue weighted by molar-refractivity contribution is -0.142. The van der Waals surface area contributed by atoms with E-state index in [4.69, 9.17) is 4.74 Å². The molecule has 0 unspecified atom stereocenters. The van der Waals surface area contributed by atoms with Gasteiger partial charge in [-0.25, -0.2) is 4.79 Å². The third-order valence-electron chi connectivity index (χ3n) is 3.54. The van der Waals surface area contributed by atoms with Crippen LogP contribution in [0.3, 0.4) is 0 Å². The number of anilines is 1. The van der Waals surface area contributed by atoms with Gasteiger partial charge in [-0.05, 0) is 42.7 Å². The topological polar surface area (TPSA) is 64.6 Å². The summed E-state index contributed by atoms with van der Waals surface area (Å²) in [7, 11) is 1.31. The van der Waals surface area contributed by atoms with Gasteiger partial charge in [0.1, 0.15) is 5.75 Å². The van der Waals surface area contributed by atoms with Gasteiger partial charge in [0.15, 0.2) is 6.61 Å². The molecule has 0 bridgehead atoms. The molecule has 0 aliphatic heterocycles. The fourth-order valence-corrected chi connectivity index (χ4v) is 2.18. The van der Waals surface area contributed by atoms with Gasteiger partial charge in [-0.1, -0.05) is 30.3 Å². The van der Waals surface area contributed by atoms with E-state index >= 15 is 0 Å². The average Bonchev–Trinajstić information content (AvgIpc) is 2.61. The molecule has 0 heterocycles. The zero-order valence-corrected chi connectivity index (χ0v) is 13.9. The van der Waals surface area contributed by atoms with Crippen LogP contribution in [0, 0.1) is 6.92 Å². The summed E-state index contributed by atoms with van der Waals surface area (Å²) in [5.41, 5.74) is 2.74. The molecule has 1 amide bonds. The van der Waals surface area contributed by atoms with Crippen LogP contribution in [0.25, 0.3) is 0 Å². The summed E-state index contributed by atoms with van der Waals surface area (Å²) >= 11 is 0. The summed E-state index contributed by atoms with van der Waals surface area (Å²) in [5, 5.41) is 2.90. The van der Waals surface area contributed by atoms with Crippen molar-refractivity contribution in [3.8, 4) is 5.75 Å². The molecule has 0 saturated heterocycles. The molecule has 0 fully saturated rings. The summed E-state index contributed by atoms with van der Waals surface area (Å²) in [6.45, 7) is 1.73. The number of carbonyl (C=O) groups excluding carboxylic acids is 2. The van der Waals surface area contributed by atoms with Crippen LogP contribution >= 0.6 is 0 Å². The second-order valence-corrected chi connectivity index (χ2v) is 5.38. The Kier molecular flexibility index (Phi) is 6.37. The van der Waals surface area contributed by atoms with Gasteiger partial charge in [0.25, 0.3) is 0 Å². The number of hydrogen-bond acceptors (Lipinski definition) is 4. The SMILES string of the molecule is COC(=O)COc1ccc(NC(=O)CCc2ccccc2)c(C)c1. The first-order valence-corrected chi connectivity index (χ1v) is 7.72. The molecular weight excluding hydrogens is 306 g/mol. The monoisotopic (exact) mass is 327 g/mol. The third kappa shape index (κ3) is 5.43. The Bertz CT molecular complexity index is 698. The minimum Gasteiger partial charge on any atom is -0.482 e. The molecule has 0 aromatic heterocycles. The van der Waals surface area contributed by atoms with Gasteiger partial charge in [0, 0.05) is 12.1 Å². The summed E-state index contributed by atoms with van der Waals surface area (Å²) in [5.74, 6) is 0.0799. The fraction of sp³-hybridized carbons (Fsp3) is 0.263. The lowest BCUT2D eigenvalue weighted by Crippen LogP contribution is -2.14. The number of nitrogens with one attached hydrogen (secondary N) is 1. The predicted octanol–water partition coefficient (Wildman–Crippen LogP) is 3.12. The molecule has 0 atom stereocenters. The Labute approximate surface area is 141 Å². The highest BCUT2D eigenvalue weighted by molar-refractivity contribution is 5.91. The Morgan fingerprint density at radius 3 is 2.50 bits per heavy atom. The summed E-state index contributed by atoms with van der Waals surface area (Å²) in [6, 6.07) is 15.1. The number of aryl methyl sites for hydroxylation is 2. The molecular formula is C19H21NO4. The van der Waals surface area contributed by atoms with Crippen LogP contribution in [0.2, 0.25) is 0 Å². The zero-order valence-electron chi connectivity index (χ0n) is 13.9. The number of methoxy groups -OCH3 is 1. The molecule has 1 N–H and O–H groups in total. The lowest BCUT2D eigenvalue weighted by Gasteiger charge is -2.11. The first-order valence-electron chi connectivity index (χ1n) is 7.72. The summed E-state index contributed by atoms with van der Waals surface area (Å²) in [4.78, 5) is 23.1. The van der Waals surface area contributed by atoms with Crippen LogP contribution in [0.5, 0.6) is 5.75 Å². The summed E-state index contributed by atoms with van der Waals surface area (Å²) < 4.78 is 9.84. The lowest BCUT2D eigenvalue weighted by atomic mass is 10.1. The Morgan fingerprint density at radius 2 is 1.83 bits per heavy atom.